The van der Waals surface area contributed by atoms with Gasteiger partial charge in [-0.05, 0) is 45.0 Å². The van der Waals surface area contributed by atoms with E-state index in [1.165, 1.54) is 0 Å². The Balaban J connectivity index is 2.55. The van der Waals surface area contributed by atoms with Crippen molar-refractivity contribution >= 4 is 11.9 Å². The molecule has 3 atom stereocenters. The monoisotopic (exact) mass is 295 g/mol. The first-order chi connectivity index (χ1) is 9.85. The molecule has 0 heterocycles. The summed E-state index contributed by atoms with van der Waals surface area (Å²) in [6.07, 6.45) is -0.721. The molecule has 116 valence electrons. The van der Waals surface area contributed by atoms with Crippen molar-refractivity contribution in [3.63, 3.8) is 0 Å². The summed E-state index contributed by atoms with van der Waals surface area (Å²) in [5.41, 5.74) is 0. The fourth-order valence-electron chi connectivity index (χ4n) is 1.59. The van der Waals surface area contributed by atoms with Crippen LogP contribution in [0.15, 0.2) is 24.3 Å². The molecule has 1 rings (SSSR count). The van der Waals surface area contributed by atoms with E-state index in [9.17, 15) is 9.59 Å². The fourth-order valence-corrected chi connectivity index (χ4v) is 1.59. The molecule has 0 aliphatic heterocycles. The molecule has 6 nitrogen and oxygen atoms in total. The van der Waals surface area contributed by atoms with Gasteiger partial charge in [-0.1, -0.05) is 0 Å². The minimum Gasteiger partial charge on any atom is -0.497 e. The number of carbonyl (C=O) groups is 2. The number of aliphatic carboxylic acids is 1. The largest absolute Gasteiger partial charge is 0.497 e. The van der Waals surface area contributed by atoms with Crippen LogP contribution in [0.25, 0.3) is 0 Å². The number of hydrogen-bond donors (Lipinski definition) is 2. The van der Waals surface area contributed by atoms with Crippen molar-refractivity contribution in [2.24, 2.45) is 5.92 Å². The van der Waals surface area contributed by atoms with Gasteiger partial charge in [0, 0.05) is 6.04 Å². The quantitative estimate of drug-likeness (QED) is 0.799. The topological polar surface area (TPSA) is 84.9 Å². The Labute approximate surface area is 124 Å². The van der Waals surface area contributed by atoms with E-state index >= 15 is 0 Å². The van der Waals surface area contributed by atoms with Crippen LogP contribution in [0.4, 0.5) is 0 Å². The van der Waals surface area contributed by atoms with Gasteiger partial charge >= 0.3 is 5.97 Å². The molecule has 21 heavy (non-hydrogen) atoms. The smallest absolute Gasteiger partial charge is 0.308 e. The first-order valence-corrected chi connectivity index (χ1v) is 6.69. The molecule has 0 aliphatic rings. The molecule has 0 saturated heterocycles. The molecule has 0 saturated carbocycles. The van der Waals surface area contributed by atoms with Crippen LogP contribution >= 0.6 is 0 Å². The lowest BCUT2D eigenvalue weighted by atomic mass is 10.0. The highest BCUT2D eigenvalue weighted by Gasteiger charge is 2.23. The summed E-state index contributed by atoms with van der Waals surface area (Å²) in [5.74, 6) is -0.735. The van der Waals surface area contributed by atoms with Gasteiger partial charge in [0.05, 0.1) is 13.0 Å². The third-order valence-electron chi connectivity index (χ3n) is 3.25. The van der Waals surface area contributed by atoms with Crippen molar-refractivity contribution in [2.45, 2.75) is 32.9 Å². The molecule has 0 aromatic heterocycles. The Morgan fingerprint density at radius 2 is 1.62 bits per heavy atom. The number of nitrogens with one attached hydrogen (secondary N) is 1. The molecule has 6 heteroatoms. The summed E-state index contributed by atoms with van der Waals surface area (Å²) in [6, 6.07) is 6.39. The van der Waals surface area contributed by atoms with Crippen LogP contribution in [0, 0.1) is 5.92 Å². The Hall–Kier alpha value is -2.24. The summed E-state index contributed by atoms with van der Waals surface area (Å²) in [4.78, 5) is 22.8. The lowest BCUT2D eigenvalue weighted by Gasteiger charge is -2.21. The van der Waals surface area contributed by atoms with Crippen LogP contribution in [0.5, 0.6) is 11.5 Å². The van der Waals surface area contributed by atoms with Gasteiger partial charge in [-0.25, -0.2) is 0 Å². The van der Waals surface area contributed by atoms with Crippen LogP contribution in [-0.4, -0.2) is 36.2 Å². The average molecular weight is 295 g/mol. The summed E-state index contributed by atoms with van der Waals surface area (Å²) < 4.78 is 10.5. The highest BCUT2D eigenvalue weighted by Crippen LogP contribution is 2.18. The van der Waals surface area contributed by atoms with Crippen LogP contribution < -0.4 is 14.8 Å². The zero-order valence-electron chi connectivity index (χ0n) is 12.6. The molecule has 1 aromatic rings. The van der Waals surface area contributed by atoms with Crippen LogP contribution in [0.2, 0.25) is 0 Å². The molecule has 0 bridgehead atoms. The van der Waals surface area contributed by atoms with Crippen molar-refractivity contribution in [2.75, 3.05) is 7.11 Å². The van der Waals surface area contributed by atoms with E-state index in [1.807, 2.05) is 0 Å². The maximum absolute atomic E-state index is 12.0. The maximum Gasteiger partial charge on any atom is 0.308 e. The highest BCUT2D eigenvalue weighted by molar-refractivity contribution is 5.82. The fraction of sp³-hybridized carbons (Fsp3) is 0.467. The summed E-state index contributed by atoms with van der Waals surface area (Å²) in [6.45, 7) is 4.80. The lowest BCUT2D eigenvalue weighted by Crippen LogP contribution is -2.45. The van der Waals surface area contributed by atoms with Gasteiger partial charge in [0.1, 0.15) is 11.5 Å². The van der Waals surface area contributed by atoms with Crippen molar-refractivity contribution < 1.29 is 24.2 Å². The molecular formula is C15H21NO5. The maximum atomic E-state index is 12.0. The van der Waals surface area contributed by atoms with E-state index in [0.717, 1.165) is 0 Å². The van der Waals surface area contributed by atoms with Gasteiger partial charge in [0.25, 0.3) is 5.91 Å². The van der Waals surface area contributed by atoms with Crippen LogP contribution in [0.3, 0.4) is 0 Å². The second kappa shape index (κ2) is 7.52. The number of methoxy groups -OCH3 is 1. The number of carboxylic acids is 1. The van der Waals surface area contributed by atoms with Crippen LogP contribution in [-0.2, 0) is 9.59 Å². The number of hydrogen-bond acceptors (Lipinski definition) is 4. The van der Waals surface area contributed by atoms with E-state index in [-0.39, 0.29) is 5.91 Å². The van der Waals surface area contributed by atoms with Gasteiger partial charge in [-0.2, -0.15) is 0 Å². The second-order valence-corrected chi connectivity index (χ2v) is 4.86. The standard InChI is InChI=1S/C15H21NO5/c1-9(15(18)19)10(2)16-14(17)11(3)21-13-7-5-12(20-4)6-8-13/h5-11H,1-4H3,(H,16,17)(H,18,19). The molecule has 3 unspecified atom stereocenters. The molecule has 1 aromatic carbocycles. The third kappa shape index (κ3) is 4.98. The third-order valence-corrected chi connectivity index (χ3v) is 3.25. The minimum absolute atomic E-state index is 0.355. The minimum atomic E-state index is -0.952. The summed E-state index contributed by atoms with van der Waals surface area (Å²) in [7, 11) is 1.57. The molecule has 0 spiro atoms. The van der Waals surface area contributed by atoms with E-state index < -0.39 is 24.0 Å². The number of ether oxygens (including phenoxy) is 2. The van der Waals surface area contributed by atoms with Crippen molar-refractivity contribution in [1.82, 2.24) is 5.32 Å². The normalized spacial score (nSPS) is 14.7. The molecule has 0 fully saturated rings. The molecule has 1 amide bonds. The second-order valence-electron chi connectivity index (χ2n) is 4.86. The Morgan fingerprint density at radius 1 is 1.10 bits per heavy atom. The zero-order valence-corrected chi connectivity index (χ0v) is 12.6. The average Bonchev–Trinajstić information content (AvgIpc) is 2.46. The van der Waals surface area contributed by atoms with Crippen molar-refractivity contribution in [1.29, 1.82) is 0 Å². The van der Waals surface area contributed by atoms with E-state index in [2.05, 4.69) is 5.32 Å². The Morgan fingerprint density at radius 3 is 2.10 bits per heavy atom. The van der Waals surface area contributed by atoms with Gasteiger partial charge in [-0.15, -0.1) is 0 Å². The number of amides is 1. The van der Waals surface area contributed by atoms with E-state index in [0.29, 0.717) is 11.5 Å². The van der Waals surface area contributed by atoms with Gasteiger partial charge < -0.3 is 19.9 Å². The van der Waals surface area contributed by atoms with Gasteiger partial charge in [0.2, 0.25) is 0 Å². The van der Waals surface area contributed by atoms with E-state index in [4.69, 9.17) is 14.6 Å². The summed E-state index contributed by atoms with van der Waals surface area (Å²) in [5, 5.41) is 11.5. The zero-order chi connectivity index (χ0) is 16.0. The SMILES string of the molecule is COc1ccc(OC(C)C(=O)NC(C)C(C)C(=O)O)cc1. The predicted octanol–water partition coefficient (Wildman–Crippen LogP) is 1.69. The Kier molecular flexibility index (Phi) is 6.02. The number of carboxylic acid groups (broad SMARTS) is 1. The van der Waals surface area contributed by atoms with Crippen molar-refractivity contribution in [3.05, 3.63) is 24.3 Å². The number of benzene rings is 1. The van der Waals surface area contributed by atoms with Crippen LogP contribution in [0.1, 0.15) is 20.8 Å². The lowest BCUT2D eigenvalue weighted by molar-refractivity contribution is -0.142. The van der Waals surface area contributed by atoms with Gasteiger partial charge in [0.15, 0.2) is 6.10 Å². The van der Waals surface area contributed by atoms with E-state index in [1.54, 1.807) is 52.1 Å². The van der Waals surface area contributed by atoms with Crippen molar-refractivity contribution in [3.8, 4) is 11.5 Å². The Bertz CT molecular complexity index is 485. The number of rotatable bonds is 7. The predicted molar refractivity (Wildman–Crippen MR) is 77.5 cm³/mol. The number of carbonyl (C=O) groups excluding carboxylic acids is 1. The molecule has 0 aliphatic carbocycles. The molecule has 2 N–H and O–H groups in total. The highest BCUT2D eigenvalue weighted by atomic mass is 16.5. The summed E-state index contributed by atoms with van der Waals surface area (Å²) >= 11 is 0. The molecule has 0 radical (unpaired) electrons. The van der Waals surface area contributed by atoms with Gasteiger partial charge in [-0.3, -0.25) is 9.59 Å². The first-order valence-electron chi connectivity index (χ1n) is 6.69. The molecular weight excluding hydrogens is 274 g/mol. The first kappa shape index (κ1) is 16.8.